The number of aliphatic imine (C=N–C) groups is 1. The molecular formula is C24H33IN4O2S. The van der Waals surface area contributed by atoms with Gasteiger partial charge < -0.3 is 20.3 Å². The highest BCUT2D eigenvalue weighted by Gasteiger charge is 2.26. The van der Waals surface area contributed by atoms with Crippen LogP contribution in [0.5, 0.6) is 0 Å². The topological polar surface area (TPSA) is 66.0 Å². The fourth-order valence-corrected chi connectivity index (χ4v) is 4.34. The molecule has 6 nitrogen and oxygen atoms in total. The summed E-state index contributed by atoms with van der Waals surface area (Å²) < 4.78 is 5.72. The van der Waals surface area contributed by atoms with E-state index in [4.69, 9.17) is 4.74 Å². The van der Waals surface area contributed by atoms with Crippen LogP contribution in [0.1, 0.15) is 29.8 Å². The summed E-state index contributed by atoms with van der Waals surface area (Å²) in [5.74, 6) is 1.79. The predicted molar refractivity (Wildman–Crippen MR) is 143 cm³/mol. The Morgan fingerprint density at radius 3 is 2.34 bits per heavy atom. The van der Waals surface area contributed by atoms with Gasteiger partial charge in [0.1, 0.15) is 0 Å². The van der Waals surface area contributed by atoms with E-state index >= 15 is 0 Å². The second-order valence-electron chi connectivity index (χ2n) is 7.68. The summed E-state index contributed by atoms with van der Waals surface area (Å²) in [7, 11) is 1.77. The van der Waals surface area contributed by atoms with Crippen molar-refractivity contribution in [2.45, 2.75) is 37.5 Å². The molecule has 1 fully saturated rings. The lowest BCUT2D eigenvalue weighted by Gasteiger charge is -2.35. The van der Waals surface area contributed by atoms with Gasteiger partial charge in [0.2, 0.25) is 0 Å². The molecule has 0 radical (unpaired) electrons. The lowest BCUT2D eigenvalue weighted by Crippen LogP contribution is -2.48. The number of hydrogen-bond donors (Lipinski definition) is 2. The van der Waals surface area contributed by atoms with Crippen LogP contribution in [0, 0.1) is 0 Å². The molecule has 0 spiro atoms. The van der Waals surface area contributed by atoms with Crippen LogP contribution in [-0.4, -0.2) is 61.4 Å². The van der Waals surface area contributed by atoms with Gasteiger partial charge in [-0.1, -0.05) is 30.3 Å². The van der Waals surface area contributed by atoms with E-state index in [0.29, 0.717) is 25.2 Å². The normalized spacial score (nSPS) is 18.6. The van der Waals surface area contributed by atoms with Gasteiger partial charge in [-0.25, -0.2) is 0 Å². The smallest absolute Gasteiger partial charge is 0.254 e. The Hall–Kier alpha value is -1.78. The molecule has 174 valence electrons. The second kappa shape index (κ2) is 13.7. The van der Waals surface area contributed by atoms with Crippen molar-refractivity contribution in [2.24, 2.45) is 4.99 Å². The second-order valence-corrected chi connectivity index (χ2v) is 8.85. The Balaban J connectivity index is 0.00000363. The first-order valence-electron chi connectivity index (χ1n) is 10.7. The monoisotopic (exact) mass is 568 g/mol. The molecule has 1 amide bonds. The molecule has 8 heteroatoms. The van der Waals surface area contributed by atoms with Gasteiger partial charge >= 0.3 is 0 Å². The van der Waals surface area contributed by atoms with Gasteiger partial charge in [-0.05, 0) is 43.7 Å². The van der Waals surface area contributed by atoms with Crippen molar-refractivity contribution in [2.75, 3.05) is 32.4 Å². The zero-order chi connectivity index (χ0) is 22.1. The molecule has 2 N–H and O–H groups in total. The average Bonchev–Trinajstić information content (AvgIpc) is 2.78. The minimum absolute atomic E-state index is 0. The Morgan fingerprint density at radius 1 is 1.06 bits per heavy atom. The number of nitrogens with zero attached hydrogens (tertiary/aromatic N) is 2. The predicted octanol–water partition coefficient (Wildman–Crippen LogP) is 4.01. The Labute approximate surface area is 212 Å². The number of rotatable bonds is 7. The van der Waals surface area contributed by atoms with E-state index in [1.807, 2.05) is 60.8 Å². The van der Waals surface area contributed by atoms with Crippen molar-refractivity contribution in [3.05, 3.63) is 65.7 Å². The standard InChI is InChI=1S/C24H32N4O2S.HI/c1-18-16-28(17-19(2)30-18)23(29)21-11-9-20(10-12-21)15-27-24(25-3)26-13-14-31-22-7-5-4-6-8-22;/h4-12,18-19H,13-17H2,1-3H3,(H2,25,26,27);1H. The van der Waals surface area contributed by atoms with E-state index < -0.39 is 0 Å². The van der Waals surface area contributed by atoms with Crippen molar-refractivity contribution in [1.29, 1.82) is 0 Å². The lowest BCUT2D eigenvalue weighted by molar-refractivity contribution is -0.0586. The van der Waals surface area contributed by atoms with Gasteiger partial charge in [-0.3, -0.25) is 9.79 Å². The molecule has 1 aliphatic rings. The van der Waals surface area contributed by atoms with Gasteiger partial charge in [0.05, 0.1) is 12.2 Å². The van der Waals surface area contributed by atoms with Crippen LogP contribution < -0.4 is 10.6 Å². The van der Waals surface area contributed by atoms with Gasteiger partial charge in [0.15, 0.2) is 5.96 Å². The van der Waals surface area contributed by atoms with Crippen LogP contribution in [0.25, 0.3) is 0 Å². The van der Waals surface area contributed by atoms with E-state index in [1.54, 1.807) is 7.05 Å². The third-order valence-corrected chi connectivity index (χ3v) is 6.01. The highest BCUT2D eigenvalue weighted by Crippen LogP contribution is 2.16. The number of hydrogen-bond acceptors (Lipinski definition) is 4. The third kappa shape index (κ3) is 8.29. The molecule has 2 unspecified atom stereocenters. The highest BCUT2D eigenvalue weighted by molar-refractivity contribution is 14.0. The number of thioether (sulfide) groups is 1. The maximum absolute atomic E-state index is 12.8. The number of morpholine rings is 1. The molecule has 1 saturated heterocycles. The zero-order valence-corrected chi connectivity index (χ0v) is 22.1. The highest BCUT2D eigenvalue weighted by atomic mass is 127. The van der Waals surface area contributed by atoms with Gasteiger partial charge in [-0.15, -0.1) is 35.7 Å². The fraction of sp³-hybridized carbons (Fsp3) is 0.417. The molecule has 3 rings (SSSR count). The summed E-state index contributed by atoms with van der Waals surface area (Å²) in [5.41, 5.74) is 1.81. The number of guanidine groups is 1. The molecule has 1 aliphatic heterocycles. The Kier molecular flexibility index (Phi) is 11.3. The maximum atomic E-state index is 12.8. The Bertz CT molecular complexity index is 854. The van der Waals surface area contributed by atoms with Crippen LogP contribution in [0.2, 0.25) is 0 Å². The van der Waals surface area contributed by atoms with Gasteiger partial charge in [0.25, 0.3) is 5.91 Å². The number of benzene rings is 2. The number of carbonyl (C=O) groups excluding carboxylic acids is 1. The minimum Gasteiger partial charge on any atom is -0.372 e. The summed E-state index contributed by atoms with van der Waals surface area (Å²) in [5, 5.41) is 6.66. The molecular weight excluding hydrogens is 535 g/mol. The van der Waals surface area contributed by atoms with Crippen molar-refractivity contribution in [3.63, 3.8) is 0 Å². The fourth-order valence-electron chi connectivity index (χ4n) is 3.55. The van der Waals surface area contributed by atoms with Crippen molar-refractivity contribution in [3.8, 4) is 0 Å². The number of amides is 1. The number of nitrogens with one attached hydrogen (secondary N) is 2. The molecule has 2 atom stereocenters. The van der Waals surface area contributed by atoms with Crippen molar-refractivity contribution >= 4 is 47.6 Å². The SMILES string of the molecule is CN=C(NCCSc1ccccc1)NCc1ccc(C(=O)N2CC(C)OC(C)C2)cc1.I. The third-order valence-electron chi connectivity index (χ3n) is 5.00. The summed E-state index contributed by atoms with van der Waals surface area (Å²) in [6, 6.07) is 18.2. The Morgan fingerprint density at radius 2 is 1.72 bits per heavy atom. The molecule has 0 aliphatic carbocycles. The molecule has 0 saturated carbocycles. The summed E-state index contributed by atoms with van der Waals surface area (Å²) in [6.07, 6.45) is 0.142. The molecule has 0 bridgehead atoms. The quantitative estimate of drug-likeness (QED) is 0.174. The van der Waals surface area contributed by atoms with E-state index in [0.717, 1.165) is 23.8 Å². The maximum Gasteiger partial charge on any atom is 0.254 e. The number of halogens is 1. The van der Waals surface area contributed by atoms with Crippen LogP contribution in [0.15, 0.2) is 64.5 Å². The van der Waals surface area contributed by atoms with Crippen molar-refractivity contribution in [1.82, 2.24) is 15.5 Å². The van der Waals surface area contributed by atoms with Gasteiger partial charge in [-0.2, -0.15) is 0 Å². The zero-order valence-electron chi connectivity index (χ0n) is 18.9. The summed E-state index contributed by atoms with van der Waals surface area (Å²) >= 11 is 1.81. The summed E-state index contributed by atoms with van der Waals surface area (Å²) in [4.78, 5) is 20.2. The molecule has 2 aromatic rings. The molecule has 0 aromatic heterocycles. The van der Waals surface area contributed by atoms with E-state index in [2.05, 4.69) is 39.9 Å². The van der Waals surface area contributed by atoms with Crippen LogP contribution in [0.3, 0.4) is 0 Å². The van der Waals surface area contributed by atoms with E-state index in [9.17, 15) is 4.79 Å². The van der Waals surface area contributed by atoms with E-state index in [-0.39, 0.29) is 42.1 Å². The van der Waals surface area contributed by atoms with E-state index in [1.165, 1.54) is 4.90 Å². The van der Waals surface area contributed by atoms with Gasteiger partial charge in [0, 0.05) is 49.4 Å². The molecule has 32 heavy (non-hydrogen) atoms. The first-order valence-corrected chi connectivity index (χ1v) is 11.7. The van der Waals surface area contributed by atoms with Crippen LogP contribution >= 0.6 is 35.7 Å². The first-order chi connectivity index (χ1) is 15.0. The first kappa shape index (κ1) is 26.5. The molecule has 1 heterocycles. The number of ether oxygens (including phenoxy) is 1. The molecule has 2 aromatic carbocycles. The van der Waals surface area contributed by atoms with Crippen LogP contribution in [0.4, 0.5) is 0 Å². The van der Waals surface area contributed by atoms with Crippen LogP contribution in [-0.2, 0) is 11.3 Å². The summed E-state index contributed by atoms with van der Waals surface area (Å²) in [6.45, 7) is 6.75. The largest absolute Gasteiger partial charge is 0.372 e. The number of carbonyl (C=O) groups is 1. The lowest BCUT2D eigenvalue weighted by atomic mass is 10.1. The minimum atomic E-state index is 0. The van der Waals surface area contributed by atoms with Crippen molar-refractivity contribution < 1.29 is 9.53 Å². The average molecular weight is 569 g/mol.